The third kappa shape index (κ3) is 3.77. The van der Waals surface area contributed by atoms with Gasteiger partial charge in [-0.05, 0) is 60.9 Å². The smallest absolute Gasteiger partial charge is 0.255 e. The van der Waals surface area contributed by atoms with Gasteiger partial charge in [-0.3, -0.25) is 4.79 Å². The SMILES string of the molecule is C=CC1=C(C=C)[C@H](c2ccc(F)cc2)N(C(=O)[C@@]2(C)CC(C)CCO2)CC1. The number of carbonyl (C=O) groups excluding carboxylic acids is 1. The number of halogens is 1. The van der Waals surface area contributed by atoms with E-state index in [1.165, 1.54) is 12.1 Å². The number of benzene rings is 1. The number of amides is 1. The van der Waals surface area contributed by atoms with Crippen LogP contribution in [0.3, 0.4) is 0 Å². The highest BCUT2D eigenvalue weighted by molar-refractivity contribution is 5.86. The fourth-order valence-electron chi connectivity index (χ4n) is 4.31. The van der Waals surface area contributed by atoms with Crippen molar-refractivity contribution in [2.45, 2.75) is 44.8 Å². The van der Waals surface area contributed by atoms with Gasteiger partial charge >= 0.3 is 0 Å². The second kappa shape index (κ2) is 7.81. The number of carbonyl (C=O) groups is 1. The Morgan fingerprint density at radius 2 is 2.00 bits per heavy atom. The van der Waals surface area contributed by atoms with Crippen molar-refractivity contribution in [3.63, 3.8) is 0 Å². The van der Waals surface area contributed by atoms with Gasteiger partial charge in [0.25, 0.3) is 5.91 Å². The highest BCUT2D eigenvalue weighted by Crippen LogP contribution is 2.40. The van der Waals surface area contributed by atoms with E-state index in [4.69, 9.17) is 4.74 Å². The summed E-state index contributed by atoms with van der Waals surface area (Å²) in [6.45, 7) is 13.1. The highest BCUT2D eigenvalue weighted by Gasteiger charge is 2.44. The summed E-state index contributed by atoms with van der Waals surface area (Å²) in [5, 5.41) is 0. The summed E-state index contributed by atoms with van der Waals surface area (Å²) in [4.78, 5) is 15.4. The van der Waals surface area contributed by atoms with E-state index in [1.54, 1.807) is 18.2 Å². The molecule has 0 spiro atoms. The summed E-state index contributed by atoms with van der Waals surface area (Å²) in [5.74, 6) is 0.141. The lowest BCUT2D eigenvalue weighted by Crippen LogP contribution is -2.54. The third-order valence-electron chi connectivity index (χ3n) is 5.73. The number of ether oxygens (including phenoxy) is 1. The van der Waals surface area contributed by atoms with Gasteiger partial charge < -0.3 is 9.64 Å². The third-order valence-corrected chi connectivity index (χ3v) is 5.73. The normalized spacial score (nSPS) is 28.8. The average Bonchev–Trinajstić information content (AvgIpc) is 2.66. The van der Waals surface area contributed by atoms with Crippen LogP contribution in [0.5, 0.6) is 0 Å². The maximum absolute atomic E-state index is 13.6. The Morgan fingerprint density at radius 3 is 2.59 bits per heavy atom. The van der Waals surface area contributed by atoms with Crippen molar-refractivity contribution < 1.29 is 13.9 Å². The molecule has 3 rings (SSSR count). The summed E-state index contributed by atoms with van der Waals surface area (Å²) < 4.78 is 19.4. The number of hydrogen-bond donors (Lipinski definition) is 0. The van der Waals surface area contributed by atoms with Crippen LogP contribution in [0, 0.1) is 11.7 Å². The minimum Gasteiger partial charge on any atom is -0.365 e. The lowest BCUT2D eigenvalue weighted by atomic mass is 9.83. The summed E-state index contributed by atoms with van der Waals surface area (Å²) in [6, 6.07) is 6.03. The van der Waals surface area contributed by atoms with E-state index in [1.807, 2.05) is 17.9 Å². The molecule has 1 aromatic carbocycles. The molecule has 1 fully saturated rings. The first-order chi connectivity index (χ1) is 12.9. The molecule has 1 amide bonds. The molecule has 3 nitrogen and oxygen atoms in total. The molecule has 3 atom stereocenters. The van der Waals surface area contributed by atoms with E-state index in [-0.39, 0.29) is 17.8 Å². The fourth-order valence-corrected chi connectivity index (χ4v) is 4.31. The molecule has 2 aliphatic rings. The maximum Gasteiger partial charge on any atom is 0.255 e. The van der Waals surface area contributed by atoms with Gasteiger partial charge in [-0.2, -0.15) is 0 Å². The molecule has 1 unspecified atom stereocenters. The lowest BCUT2D eigenvalue weighted by Gasteiger charge is -2.44. The molecule has 27 heavy (non-hydrogen) atoms. The molecule has 1 aromatic rings. The molecule has 4 heteroatoms. The molecule has 2 aliphatic heterocycles. The first-order valence-electron chi connectivity index (χ1n) is 9.58. The van der Waals surface area contributed by atoms with Crippen molar-refractivity contribution in [1.82, 2.24) is 4.90 Å². The van der Waals surface area contributed by atoms with E-state index in [2.05, 4.69) is 20.1 Å². The molecule has 0 aliphatic carbocycles. The predicted molar refractivity (Wildman–Crippen MR) is 106 cm³/mol. The van der Waals surface area contributed by atoms with Crippen LogP contribution in [-0.4, -0.2) is 29.6 Å². The average molecular weight is 369 g/mol. The van der Waals surface area contributed by atoms with Gasteiger partial charge in [-0.15, -0.1) is 0 Å². The minimum atomic E-state index is -0.825. The Balaban J connectivity index is 2.03. The summed E-state index contributed by atoms with van der Waals surface area (Å²) >= 11 is 0. The summed E-state index contributed by atoms with van der Waals surface area (Å²) in [5.41, 5.74) is 2.06. The van der Waals surface area contributed by atoms with Gasteiger partial charge in [0, 0.05) is 13.2 Å². The Morgan fingerprint density at radius 1 is 1.30 bits per heavy atom. The van der Waals surface area contributed by atoms with Crippen molar-refractivity contribution in [2.24, 2.45) is 5.92 Å². The zero-order chi connectivity index (χ0) is 19.6. The van der Waals surface area contributed by atoms with Crippen molar-refractivity contribution in [3.8, 4) is 0 Å². The molecule has 0 saturated carbocycles. The van der Waals surface area contributed by atoms with Crippen LogP contribution in [0.4, 0.5) is 4.39 Å². The standard InChI is InChI=1S/C23H28FNO2/c1-5-17-11-13-25(22(26)23(4)15-16(3)12-14-27-23)21(20(17)6-2)18-7-9-19(24)10-8-18/h5-10,16,21H,1-2,11-15H2,3-4H3/t16?,21-,23+/m0/s1. The van der Waals surface area contributed by atoms with Gasteiger partial charge in [0.05, 0.1) is 6.04 Å². The number of hydrogen-bond acceptors (Lipinski definition) is 2. The molecule has 0 bridgehead atoms. The molecular formula is C23H28FNO2. The van der Waals surface area contributed by atoms with E-state index in [0.717, 1.165) is 29.6 Å². The first kappa shape index (κ1) is 19.6. The number of nitrogens with zero attached hydrogens (tertiary/aromatic N) is 1. The van der Waals surface area contributed by atoms with Crippen molar-refractivity contribution in [2.75, 3.05) is 13.2 Å². The first-order valence-corrected chi connectivity index (χ1v) is 9.58. The molecule has 0 N–H and O–H groups in total. The van der Waals surface area contributed by atoms with Crippen LogP contribution in [0.1, 0.15) is 44.7 Å². The summed E-state index contributed by atoms with van der Waals surface area (Å²) in [6.07, 6.45) is 6.02. The van der Waals surface area contributed by atoms with Crippen molar-refractivity contribution >= 4 is 5.91 Å². The minimum absolute atomic E-state index is 0.00848. The van der Waals surface area contributed by atoms with E-state index in [0.29, 0.717) is 25.5 Å². The predicted octanol–water partition coefficient (Wildman–Crippen LogP) is 4.97. The Bertz CT molecular complexity index is 767. The summed E-state index contributed by atoms with van der Waals surface area (Å²) in [7, 11) is 0. The van der Waals surface area contributed by atoms with E-state index >= 15 is 0 Å². The zero-order valence-electron chi connectivity index (χ0n) is 16.2. The quantitative estimate of drug-likeness (QED) is 0.750. The molecule has 1 saturated heterocycles. The Hall–Kier alpha value is -2.20. The van der Waals surface area contributed by atoms with Gasteiger partial charge in [-0.25, -0.2) is 4.39 Å². The van der Waals surface area contributed by atoms with E-state index in [9.17, 15) is 9.18 Å². The fraction of sp³-hybridized carbons (Fsp3) is 0.435. The van der Waals surface area contributed by atoms with Crippen molar-refractivity contribution in [1.29, 1.82) is 0 Å². The molecule has 144 valence electrons. The maximum atomic E-state index is 13.6. The van der Waals surface area contributed by atoms with Gasteiger partial charge in [0.15, 0.2) is 0 Å². The topological polar surface area (TPSA) is 29.5 Å². The molecular weight excluding hydrogens is 341 g/mol. The highest BCUT2D eigenvalue weighted by atomic mass is 19.1. The van der Waals surface area contributed by atoms with Crippen LogP contribution < -0.4 is 0 Å². The number of rotatable bonds is 4. The molecule has 0 aromatic heterocycles. The second-order valence-corrected chi connectivity index (χ2v) is 7.77. The van der Waals surface area contributed by atoms with Crippen LogP contribution in [0.25, 0.3) is 0 Å². The number of allylic oxidation sites excluding steroid dienone is 1. The van der Waals surface area contributed by atoms with Crippen LogP contribution in [0.15, 0.2) is 60.7 Å². The molecule has 2 heterocycles. The van der Waals surface area contributed by atoms with Gasteiger partial charge in [-0.1, -0.05) is 44.4 Å². The van der Waals surface area contributed by atoms with Gasteiger partial charge in [0.2, 0.25) is 0 Å². The van der Waals surface area contributed by atoms with Crippen molar-refractivity contribution in [3.05, 3.63) is 72.1 Å². The Kier molecular flexibility index (Phi) is 5.66. The van der Waals surface area contributed by atoms with Crippen LogP contribution in [-0.2, 0) is 9.53 Å². The zero-order valence-corrected chi connectivity index (χ0v) is 16.2. The van der Waals surface area contributed by atoms with Gasteiger partial charge in [0.1, 0.15) is 11.4 Å². The second-order valence-electron chi connectivity index (χ2n) is 7.77. The molecule has 0 radical (unpaired) electrons. The Labute approximate surface area is 161 Å². The van der Waals surface area contributed by atoms with Crippen LogP contribution >= 0.6 is 0 Å². The monoisotopic (exact) mass is 369 g/mol. The largest absolute Gasteiger partial charge is 0.365 e. The van der Waals surface area contributed by atoms with Crippen LogP contribution in [0.2, 0.25) is 0 Å². The van der Waals surface area contributed by atoms with E-state index < -0.39 is 5.60 Å². The lowest BCUT2D eigenvalue weighted by molar-refractivity contribution is -0.167.